The Morgan fingerprint density at radius 3 is 3.00 bits per heavy atom. The van der Waals surface area contributed by atoms with Crippen LogP contribution in [0.15, 0.2) is 12.2 Å². The van der Waals surface area contributed by atoms with Gasteiger partial charge in [-0.2, -0.15) is 0 Å². The third kappa shape index (κ3) is 1.56. The van der Waals surface area contributed by atoms with E-state index in [1.165, 1.54) is 25.7 Å². The molecular formula is C14H22O. The van der Waals surface area contributed by atoms with Crippen LogP contribution in [0.25, 0.3) is 0 Å². The highest BCUT2D eigenvalue weighted by molar-refractivity contribution is 5.13. The average Bonchev–Trinajstić information content (AvgIpc) is 2.86. The molecule has 0 saturated heterocycles. The van der Waals surface area contributed by atoms with Gasteiger partial charge in [-0.05, 0) is 68.6 Å². The molecule has 0 aromatic heterocycles. The Bertz CT molecular complexity index is 269. The SMILES string of the molecule is CC(O)CCC1CC2CC1C1CC=CC21. The smallest absolute Gasteiger partial charge is 0.0512 e. The van der Waals surface area contributed by atoms with Crippen molar-refractivity contribution in [3.63, 3.8) is 0 Å². The Balaban J connectivity index is 1.62. The van der Waals surface area contributed by atoms with E-state index in [0.29, 0.717) is 0 Å². The molecule has 2 bridgehead atoms. The summed E-state index contributed by atoms with van der Waals surface area (Å²) in [6, 6.07) is 0. The summed E-state index contributed by atoms with van der Waals surface area (Å²) in [5.41, 5.74) is 0. The number of fused-ring (bicyclic) bond motifs is 5. The van der Waals surface area contributed by atoms with E-state index in [0.717, 1.165) is 36.0 Å². The fourth-order valence-electron chi connectivity index (χ4n) is 4.49. The van der Waals surface area contributed by atoms with Gasteiger partial charge >= 0.3 is 0 Å². The lowest BCUT2D eigenvalue weighted by molar-refractivity contribution is 0.144. The molecule has 3 aliphatic carbocycles. The number of hydrogen-bond acceptors (Lipinski definition) is 1. The van der Waals surface area contributed by atoms with Crippen LogP contribution in [-0.4, -0.2) is 11.2 Å². The predicted molar refractivity (Wildman–Crippen MR) is 61.4 cm³/mol. The molecule has 84 valence electrons. The average molecular weight is 206 g/mol. The van der Waals surface area contributed by atoms with Crippen LogP contribution in [0.3, 0.4) is 0 Å². The maximum atomic E-state index is 9.36. The van der Waals surface area contributed by atoms with E-state index in [1.54, 1.807) is 0 Å². The van der Waals surface area contributed by atoms with Gasteiger partial charge in [0, 0.05) is 0 Å². The van der Waals surface area contributed by atoms with Crippen molar-refractivity contribution in [2.75, 3.05) is 0 Å². The molecule has 0 heterocycles. The van der Waals surface area contributed by atoms with E-state index >= 15 is 0 Å². The quantitative estimate of drug-likeness (QED) is 0.704. The highest BCUT2D eigenvalue weighted by Crippen LogP contribution is 2.59. The first-order valence-electron chi connectivity index (χ1n) is 6.60. The fourth-order valence-corrected chi connectivity index (χ4v) is 4.49. The topological polar surface area (TPSA) is 20.2 Å². The second kappa shape index (κ2) is 3.62. The molecule has 0 amide bonds. The van der Waals surface area contributed by atoms with Crippen LogP contribution in [-0.2, 0) is 0 Å². The van der Waals surface area contributed by atoms with Crippen molar-refractivity contribution < 1.29 is 5.11 Å². The van der Waals surface area contributed by atoms with Gasteiger partial charge in [-0.1, -0.05) is 12.2 Å². The molecule has 1 N–H and O–H groups in total. The van der Waals surface area contributed by atoms with Crippen LogP contribution in [0.2, 0.25) is 0 Å². The van der Waals surface area contributed by atoms with Gasteiger partial charge in [-0.3, -0.25) is 0 Å². The summed E-state index contributed by atoms with van der Waals surface area (Å²) in [7, 11) is 0. The molecule has 2 fully saturated rings. The van der Waals surface area contributed by atoms with Gasteiger partial charge in [0.1, 0.15) is 0 Å². The van der Waals surface area contributed by atoms with Gasteiger partial charge in [0.15, 0.2) is 0 Å². The molecule has 3 aliphatic rings. The highest BCUT2D eigenvalue weighted by atomic mass is 16.3. The first-order valence-corrected chi connectivity index (χ1v) is 6.60. The summed E-state index contributed by atoms with van der Waals surface area (Å²) in [4.78, 5) is 0. The summed E-state index contributed by atoms with van der Waals surface area (Å²) < 4.78 is 0. The Kier molecular flexibility index (Phi) is 2.39. The maximum Gasteiger partial charge on any atom is 0.0512 e. The van der Waals surface area contributed by atoms with Crippen LogP contribution < -0.4 is 0 Å². The largest absolute Gasteiger partial charge is 0.393 e. The Morgan fingerprint density at radius 2 is 2.20 bits per heavy atom. The van der Waals surface area contributed by atoms with Crippen molar-refractivity contribution in [1.29, 1.82) is 0 Å². The normalized spacial score (nSPS) is 48.5. The summed E-state index contributed by atoms with van der Waals surface area (Å²) in [5.74, 6) is 4.86. The summed E-state index contributed by atoms with van der Waals surface area (Å²) in [6.07, 6.45) is 11.4. The summed E-state index contributed by atoms with van der Waals surface area (Å²) in [6.45, 7) is 1.92. The molecule has 0 spiro atoms. The van der Waals surface area contributed by atoms with E-state index in [9.17, 15) is 5.11 Å². The maximum absolute atomic E-state index is 9.36. The lowest BCUT2D eigenvalue weighted by Crippen LogP contribution is -2.25. The van der Waals surface area contributed by atoms with Crippen molar-refractivity contribution in [3.05, 3.63) is 12.2 Å². The van der Waals surface area contributed by atoms with Gasteiger partial charge in [0.2, 0.25) is 0 Å². The van der Waals surface area contributed by atoms with E-state index in [-0.39, 0.29) is 6.10 Å². The lowest BCUT2D eigenvalue weighted by atomic mass is 9.74. The second-order valence-corrected chi connectivity index (χ2v) is 5.99. The molecular weight excluding hydrogens is 184 g/mol. The van der Waals surface area contributed by atoms with Crippen LogP contribution in [0.5, 0.6) is 0 Å². The molecule has 3 rings (SSSR count). The van der Waals surface area contributed by atoms with E-state index in [2.05, 4.69) is 12.2 Å². The molecule has 15 heavy (non-hydrogen) atoms. The van der Waals surface area contributed by atoms with Gasteiger partial charge in [-0.15, -0.1) is 0 Å². The van der Waals surface area contributed by atoms with Crippen LogP contribution >= 0.6 is 0 Å². The highest BCUT2D eigenvalue weighted by Gasteiger charge is 2.51. The monoisotopic (exact) mass is 206 g/mol. The zero-order valence-corrected chi connectivity index (χ0v) is 9.60. The number of aliphatic hydroxyl groups is 1. The van der Waals surface area contributed by atoms with Gasteiger partial charge in [-0.25, -0.2) is 0 Å². The van der Waals surface area contributed by atoms with Crippen molar-refractivity contribution in [3.8, 4) is 0 Å². The number of aliphatic hydroxyl groups excluding tert-OH is 1. The van der Waals surface area contributed by atoms with Crippen LogP contribution in [0.1, 0.15) is 39.0 Å². The molecule has 0 aliphatic heterocycles. The number of hydrogen-bond donors (Lipinski definition) is 1. The summed E-state index contributed by atoms with van der Waals surface area (Å²) in [5, 5.41) is 9.36. The second-order valence-electron chi connectivity index (χ2n) is 5.99. The zero-order chi connectivity index (χ0) is 10.4. The van der Waals surface area contributed by atoms with Gasteiger partial charge in [0.25, 0.3) is 0 Å². The molecule has 0 radical (unpaired) electrons. The van der Waals surface area contributed by atoms with Crippen molar-refractivity contribution in [2.45, 2.75) is 45.1 Å². The Hall–Kier alpha value is -0.300. The standard InChI is InChI=1S/C14H22O/c1-9(15)5-6-10-7-11-8-14(10)13-4-2-3-12(11)13/h2-3,9-15H,4-8H2,1H3. The van der Waals surface area contributed by atoms with Gasteiger partial charge < -0.3 is 5.11 Å². The van der Waals surface area contributed by atoms with Gasteiger partial charge in [0.05, 0.1) is 6.10 Å². The molecule has 0 aromatic rings. The minimum absolute atomic E-state index is 0.0957. The first-order chi connectivity index (χ1) is 7.25. The number of rotatable bonds is 3. The molecule has 1 nitrogen and oxygen atoms in total. The molecule has 0 aromatic carbocycles. The minimum Gasteiger partial charge on any atom is -0.393 e. The lowest BCUT2D eigenvalue weighted by Gasteiger charge is -2.31. The minimum atomic E-state index is -0.0957. The van der Waals surface area contributed by atoms with E-state index in [4.69, 9.17) is 0 Å². The molecule has 6 atom stereocenters. The zero-order valence-electron chi connectivity index (χ0n) is 9.60. The molecule has 6 unspecified atom stereocenters. The van der Waals surface area contributed by atoms with Crippen molar-refractivity contribution in [1.82, 2.24) is 0 Å². The fraction of sp³-hybridized carbons (Fsp3) is 0.857. The van der Waals surface area contributed by atoms with Crippen LogP contribution in [0.4, 0.5) is 0 Å². The molecule has 1 heteroatoms. The van der Waals surface area contributed by atoms with Crippen LogP contribution in [0, 0.1) is 29.6 Å². The Labute approximate surface area is 92.6 Å². The third-order valence-electron chi connectivity index (χ3n) is 5.10. The van der Waals surface area contributed by atoms with Crippen molar-refractivity contribution >= 4 is 0 Å². The number of allylic oxidation sites excluding steroid dienone is 2. The van der Waals surface area contributed by atoms with E-state index < -0.39 is 0 Å². The Morgan fingerprint density at radius 1 is 1.33 bits per heavy atom. The first kappa shape index (κ1) is 9.89. The predicted octanol–water partition coefficient (Wildman–Crippen LogP) is 3.00. The van der Waals surface area contributed by atoms with Crippen molar-refractivity contribution in [2.24, 2.45) is 29.6 Å². The third-order valence-corrected chi connectivity index (χ3v) is 5.10. The summed E-state index contributed by atoms with van der Waals surface area (Å²) >= 11 is 0. The van der Waals surface area contributed by atoms with E-state index in [1.807, 2.05) is 6.92 Å². The molecule has 2 saturated carbocycles.